The monoisotopic (exact) mass is 270 g/mol. The molecule has 0 aliphatic carbocycles. The molecule has 0 aliphatic heterocycles. The minimum absolute atomic E-state index is 0.00205. The van der Waals surface area contributed by atoms with Crippen LogP contribution in [0.3, 0.4) is 0 Å². The largest absolute Gasteiger partial charge is 0.481 e. The first kappa shape index (κ1) is 14.6. The Balaban J connectivity index is 2.36. The van der Waals surface area contributed by atoms with E-state index in [0.717, 1.165) is 6.39 Å². The molecule has 104 valence electrons. The number of hydrogen-bond acceptors (Lipinski definition) is 6. The van der Waals surface area contributed by atoms with Crippen LogP contribution in [0.5, 0.6) is 0 Å². The van der Waals surface area contributed by atoms with E-state index >= 15 is 0 Å². The number of carbonyl (C=O) groups is 3. The molecule has 19 heavy (non-hydrogen) atoms. The molecule has 9 nitrogen and oxygen atoms in total. The Labute approximate surface area is 108 Å². The summed E-state index contributed by atoms with van der Waals surface area (Å²) in [6.45, 7) is 2.79. The number of rotatable bonds is 5. The lowest BCUT2D eigenvalue weighted by atomic mass is 9.89. The number of carboxylic acid groups (broad SMARTS) is 1. The van der Waals surface area contributed by atoms with E-state index in [1.165, 1.54) is 13.8 Å². The first-order chi connectivity index (χ1) is 8.81. The van der Waals surface area contributed by atoms with E-state index in [9.17, 15) is 14.4 Å². The molecule has 1 heterocycles. The molecule has 0 radical (unpaired) electrons. The first-order valence-corrected chi connectivity index (χ1v) is 5.37. The third kappa shape index (κ3) is 4.74. The molecule has 0 aromatic carbocycles. The topological polar surface area (TPSA) is 134 Å². The minimum Gasteiger partial charge on any atom is -0.481 e. The number of urea groups is 1. The highest BCUT2D eigenvalue weighted by Crippen LogP contribution is 2.19. The first-order valence-electron chi connectivity index (χ1n) is 5.37. The Kier molecular flexibility index (Phi) is 4.56. The Morgan fingerprint density at radius 1 is 1.42 bits per heavy atom. The number of nitrogens with one attached hydrogen (secondary N) is 2. The van der Waals surface area contributed by atoms with E-state index in [-0.39, 0.29) is 18.8 Å². The zero-order valence-corrected chi connectivity index (χ0v) is 10.5. The summed E-state index contributed by atoms with van der Waals surface area (Å²) in [6, 6.07) is -0.754. The van der Waals surface area contributed by atoms with Gasteiger partial charge in [0.05, 0.1) is 12.0 Å². The van der Waals surface area contributed by atoms with Crippen molar-refractivity contribution in [3.8, 4) is 0 Å². The van der Waals surface area contributed by atoms with Crippen molar-refractivity contribution >= 4 is 17.9 Å². The summed E-state index contributed by atoms with van der Waals surface area (Å²) in [5.74, 6) is -1.54. The summed E-state index contributed by atoms with van der Waals surface area (Å²) in [6.07, 6.45) is 0.799. The predicted octanol–water partition coefficient (Wildman–Crippen LogP) is -0.104. The van der Waals surface area contributed by atoms with Gasteiger partial charge in [0.15, 0.2) is 5.82 Å². The fourth-order valence-corrected chi connectivity index (χ4v) is 1.12. The lowest BCUT2D eigenvalue weighted by Gasteiger charge is -2.17. The number of imide groups is 1. The molecule has 0 atom stereocenters. The molecule has 1 aromatic heterocycles. The zero-order chi connectivity index (χ0) is 14.5. The molecule has 0 aliphatic rings. The molecular formula is C10H14N4O5. The summed E-state index contributed by atoms with van der Waals surface area (Å²) in [5, 5.41) is 16.6. The zero-order valence-electron chi connectivity index (χ0n) is 10.5. The minimum atomic E-state index is -1.24. The molecule has 1 aromatic rings. The highest BCUT2D eigenvalue weighted by Gasteiger charge is 2.30. The quantitative estimate of drug-likeness (QED) is 0.679. The van der Waals surface area contributed by atoms with Crippen molar-refractivity contribution in [3.63, 3.8) is 0 Å². The van der Waals surface area contributed by atoms with Crippen molar-refractivity contribution in [3.05, 3.63) is 12.2 Å². The number of aliphatic carboxylic acids is 1. The van der Waals surface area contributed by atoms with Crippen molar-refractivity contribution in [2.45, 2.75) is 26.8 Å². The molecule has 3 amide bonds. The SMILES string of the molecule is CC(C)(CC(=O)NC(=O)NCc1ncon1)C(=O)O. The van der Waals surface area contributed by atoms with Crippen LogP contribution in [0, 0.1) is 5.41 Å². The summed E-state index contributed by atoms with van der Waals surface area (Å²) < 4.78 is 4.46. The van der Waals surface area contributed by atoms with E-state index in [1.807, 2.05) is 5.32 Å². The van der Waals surface area contributed by atoms with Crippen molar-refractivity contribution in [1.82, 2.24) is 20.8 Å². The Bertz CT molecular complexity index is 468. The second-order valence-electron chi connectivity index (χ2n) is 4.44. The van der Waals surface area contributed by atoms with Crippen LogP contribution in [0.2, 0.25) is 0 Å². The van der Waals surface area contributed by atoms with Crippen LogP contribution in [0.25, 0.3) is 0 Å². The van der Waals surface area contributed by atoms with Crippen molar-refractivity contribution in [2.75, 3.05) is 0 Å². The highest BCUT2D eigenvalue weighted by molar-refractivity contribution is 5.96. The van der Waals surface area contributed by atoms with Gasteiger partial charge in [-0.1, -0.05) is 5.16 Å². The number of carboxylic acids is 1. The van der Waals surface area contributed by atoms with Crippen LogP contribution in [0.1, 0.15) is 26.1 Å². The van der Waals surface area contributed by atoms with E-state index < -0.39 is 23.3 Å². The molecule has 1 rings (SSSR count). The maximum absolute atomic E-state index is 11.4. The van der Waals surface area contributed by atoms with Gasteiger partial charge < -0.3 is 14.9 Å². The smallest absolute Gasteiger partial charge is 0.321 e. The summed E-state index contributed by atoms with van der Waals surface area (Å²) in [5.41, 5.74) is -1.24. The molecule has 0 unspecified atom stereocenters. The average Bonchev–Trinajstić information content (AvgIpc) is 2.77. The van der Waals surface area contributed by atoms with Gasteiger partial charge in [-0.2, -0.15) is 4.98 Å². The van der Waals surface area contributed by atoms with Crippen LogP contribution >= 0.6 is 0 Å². The number of hydrogen-bond donors (Lipinski definition) is 3. The van der Waals surface area contributed by atoms with Gasteiger partial charge in [-0.15, -0.1) is 0 Å². The van der Waals surface area contributed by atoms with E-state index in [1.54, 1.807) is 0 Å². The molecule has 0 bridgehead atoms. The Morgan fingerprint density at radius 3 is 2.63 bits per heavy atom. The fraction of sp³-hybridized carbons (Fsp3) is 0.500. The van der Waals surface area contributed by atoms with Crippen LogP contribution in [0.4, 0.5) is 4.79 Å². The lowest BCUT2D eigenvalue weighted by molar-refractivity contribution is -0.149. The third-order valence-corrected chi connectivity index (χ3v) is 2.25. The maximum Gasteiger partial charge on any atom is 0.321 e. The van der Waals surface area contributed by atoms with Crippen molar-refractivity contribution in [1.29, 1.82) is 0 Å². The molecule has 0 spiro atoms. The number of nitrogens with zero attached hydrogens (tertiary/aromatic N) is 2. The van der Waals surface area contributed by atoms with Crippen molar-refractivity contribution < 1.29 is 24.0 Å². The molecule has 0 saturated carbocycles. The van der Waals surface area contributed by atoms with Gasteiger partial charge in [-0.25, -0.2) is 4.79 Å². The average molecular weight is 270 g/mol. The predicted molar refractivity (Wildman–Crippen MR) is 60.7 cm³/mol. The van der Waals surface area contributed by atoms with Gasteiger partial charge in [0.1, 0.15) is 0 Å². The number of carbonyl (C=O) groups excluding carboxylic acids is 2. The van der Waals surface area contributed by atoms with Gasteiger partial charge >= 0.3 is 12.0 Å². The van der Waals surface area contributed by atoms with E-state index in [0.29, 0.717) is 0 Å². The van der Waals surface area contributed by atoms with Gasteiger partial charge in [-0.05, 0) is 13.8 Å². The van der Waals surface area contributed by atoms with Crippen molar-refractivity contribution in [2.24, 2.45) is 5.41 Å². The summed E-state index contributed by atoms with van der Waals surface area (Å²) in [7, 11) is 0. The van der Waals surface area contributed by atoms with Gasteiger partial charge in [0, 0.05) is 6.42 Å². The lowest BCUT2D eigenvalue weighted by Crippen LogP contribution is -2.42. The maximum atomic E-state index is 11.4. The normalized spacial score (nSPS) is 10.8. The number of amides is 3. The van der Waals surface area contributed by atoms with Crippen LogP contribution in [-0.2, 0) is 16.1 Å². The second kappa shape index (κ2) is 5.94. The Hall–Kier alpha value is -2.45. The molecular weight excluding hydrogens is 256 g/mol. The Morgan fingerprint density at radius 2 is 2.11 bits per heavy atom. The summed E-state index contributed by atoms with van der Waals surface area (Å²) in [4.78, 5) is 37.3. The van der Waals surface area contributed by atoms with Gasteiger partial charge in [0.25, 0.3) is 0 Å². The molecule has 0 saturated heterocycles. The van der Waals surface area contributed by atoms with Crippen LogP contribution in [0.15, 0.2) is 10.9 Å². The van der Waals surface area contributed by atoms with Gasteiger partial charge in [0.2, 0.25) is 12.3 Å². The third-order valence-electron chi connectivity index (χ3n) is 2.25. The highest BCUT2D eigenvalue weighted by atomic mass is 16.5. The molecule has 9 heteroatoms. The standard InChI is InChI=1S/C10H14N4O5/c1-10(2,8(16)17)3-7(15)13-9(18)11-4-6-12-5-19-14-6/h5H,3-4H2,1-2H3,(H,16,17)(H2,11,13,15,18). The molecule has 3 N–H and O–H groups in total. The second-order valence-corrected chi connectivity index (χ2v) is 4.44. The number of aromatic nitrogens is 2. The summed E-state index contributed by atoms with van der Waals surface area (Å²) >= 11 is 0. The van der Waals surface area contributed by atoms with Crippen LogP contribution < -0.4 is 10.6 Å². The van der Waals surface area contributed by atoms with Crippen LogP contribution in [-0.4, -0.2) is 33.2 Å². The fourth-order valence-electron chi connectivity index (χ4n) is 1.12. The van der Waals surface area contributed by atoms with Gasteiger partial charge in [-0.3, -0.25) is 14.9 Å². The van der Waals surface area contributed by atoms with E-state index in [2.05, 4.69) is 20.0 Å². The van der Waals surface area contributed by atoms with E-state index in [4.69, 9.17) is 5.11 Å². The molecule has 0 fully saturated rings.